The first-order valence-electron chi connectivity index (χ1n) is 6.21. The molecule has 1 amide bonds. The van der Waals surface area contributed by atoms with Crippen LogP contribution in [0.4, 0.5) is 10.5 Å². The van der Waals surface area contributed by atoms with E-state index in [-0.39, 0.29) is 12.3 Å². The zero-order valence-corrected chi connectivity index (χ0v) is 12.2. The molecule has 0 atom stereocenters. The number of hydrogen-bond acceptors (Lipinski definition) is 4. The minimum Gasteiger partial charge on any atom is -0.497 e. The van der Waals surface area contributed by atoms with Crippen molar-refractivity contribution in [2.45, 2.75) is 32.8 Å². The van der Waals surface area contributed by atoms with E-state index in [0.29, 0.717) is 17.0 Å². The van der Waals surface area contributed by atoms with Crippen molar-refractivity contribution in [1.82, 2.24) is 0 Å². The molecule has 0 aliphatic rings. The van der Waals surface area contributed by atoms with Crippen molar-refractivity contribution in [2.75, 3.05) is 12.4 Å². The first-order valence-corrected chi connectivity index (χ1v) is 6.21. The van der Waals surface area contributed by atoms with Gasteiger partial charge in [-0.25, -0.2) is 4.79 Å². The second-order valence-corrected chi connectivity index (χ2v) is 5.35. The van der Waals surface area contributed by atoms with Gasteiger partial charge < -0.3 is 15.2 Å². The Bertz CT molecular complexity index is 507. The first kappa shape index (κ1) is 15.8. The molecule has 0 bridgehead atoms. The molecule has 0 radical (unpaired) electrons. The summed E-state index contributed by atoms with van der Waals surface area (Å²) in [6.07, 6.45) is -0.324. The maximum absolute atomic E-state index is 11.8. The van der Waals surface area contributed by atoms with Crippen molar-refractivity contribution in [2.24, 2.45) is 5.73 Å². The maximum Gasteiger partial charge on any atom is 0.412 e. The third-order valence-electron chi connectivity index (χ3n) is 2.33. The molecule has 20 heavy (non-hydrogen) atoms. The molecule has 6 nitrogen and oxygen atoms in total. The molecular formula is C14H21N3O3. The van der Waals surface area contributed by atoms with Gasteiger partial charge in [-0.15, -0.1) is 0 Å². The number of methoxy groups -OCH3 is 1. The van der Waals surface area contributed by atoms with Crippen LogP contribution < -0.4 is 15.8 Å². The maximum atomic E-state index is 11.8. The number of rotatable bonds is 4. The summed E-state index contributed by atoms with van der Waals surface area (Å²) in [5.41, 5.74) is 6.09. The molecule has 1 rings (SSSR count). The van der Waals surface area contributed by atoms with Crippen molar-refractivity contribution >= 4 is 17.6 Å². The van der Waals surface area contributed by atoms with Crippen LogP contribution in [0.1, 0.15) is 26.3 Å². The fraction of sp³-hybridized carbons (Fsp3) is 0.429. The van der Waals surface area contributed by atoms with Crippen LogP contribution in [-0.2, 0) is 11.2 Å². The molecule has 110 valence electrons. The van der Waals surface area contributed by atoms with Crippen molar-refractivity contribution in [3.8, 4) is 5.75 Å². The lowest BCUT2D eigenvalue weighted by Gasteiger charge is -2.20. The molecule has 0 saturated carbocycles. The second-order valence-electron chi connectivity index (χ2n) is 5.35. The van der Waals surface area contributed by atoms with Crippen molar-refractivity contribution in [1.29, 1.82) is 5.41 Å². The summed E-state index contributed by atoms with van der Waals surface area (Å²) in [4.78, 5) is 11.8. The Balaban J connectivity index is 2.93. The van der Waals surface area contributed by atoms with E-state index in [1.165, 1.54) is 0 Å². The van der Waals surface area contributed by atoms with Gasteiger partial charge in [-0.05, 0) is 44.5 Å². The van der Waals surface area contributed by atoms with Gasteiger partial charge in [0, 0.05) is 12.1 Å². The Morgan fingerprint density at radius 3 is 2.55 bits per heavy atom. The van der Waals surface area contributed by atoms with Crippen LogP contribution in [0.15, 0.2) is 18.2 Å². The predicted octanol–water partition coefficient (Wildman–Crippen LogP) is 2.52. The van der Waals surface area contributed by atoms with Crippen LogP contribution in [-0.4, -0.2) is 24.6 Å². The van der Waals surface area contributed by atoms with Crippen LogP contribution in [0.3, 0.4) is 0 Å². The van der Waals surface area contributed by atoms with Gasteiger partial charge in [-0.3, -0.25) is 10.7 Å². The Labute approximate surface area is 118 Å². The molecule has 6 heteroatoms. The standard InChI is InChI=1S/C14H21N3O3/c1-14(2,3)20-13(18)17-11-6-5-10(19-4)7-9(11)8-12(15)16/h5-7H,8H2,1-4H3,(H3,15,16)(H,17,18). The smallest absolute Gasteiger partial charge is 0.412 e. The molecule has 0 spiro atoms. The van der Waals surface area contributed by atoms with Gasteiger partial charge >= 0.3 is 6.09 Å². The van der Waals surface area contributed by atoms with E-state index >= 15 is 0 Å². The Kier molecular flexibility index (Phi) is 4.96. The SMILES string of the molecule is COc1ccc(NC(=O)OC(C)(C)C)c(CC(=N)N)c1. The first-order chi connectivity index (χ1) is 9.21. The van der Waals surface area contributed by atoms with Crippen LogP contribution >= 0.6 is 0 Å². The van der Waals surface area contributed by atoms with Crippen LogP contribution in [0.2, 0.25) is 0 Å². The highest BCUT2D eigenvalue weighted by atomic mass is 16.6. The predicted molar refractivity (Wildman–Crippen MR) is 78.5 cm³/mol. The summed E-state index contributed by atoms with van der Waals surface area (Å²) in [5.74, 6) is 0.640. The van der Waals surface area contributed by atoms with Crippen molar-refractivity contribution in [3.05, 3.63) is 23.8 Å². The van der Waals surface area contributed by atoms with Crippen LogP contribution in [0, 0.1) is 5.41 Å². The number of carbonyl (C=O) groups is 1. The molecule has 0 aliphatic heterocycles. The number of ether oxygens (including phenoxy) is 2. The minimum absolute atomic E-state index is 0.00508. The zero-order valence-electron chi connectivity index (χ0n) is 12.2. The molecule has 0 fully saturated rings. The molecule has 0 unspecified atom stereocenters. The van der Waals surface area contributed by atoms with Crippen LogP contribution in [0.5, 0.6) is 5.75 Å². The lowest BCUT2D eigenvalue weighted by Crippen LogP contribution is -2.27. The lowest BCUT2D eigenvalue weighted by molar-refractivity contribution is 0.0636. The van der Waals surface area contributed by atoms with Crippen molar-refractivity contribution in [3.63, 3.8) is 0 Å². The third kappa shape index (κ3) is 5.17. The summed E-state index contributed by atoms with van der Waals surface area (Å²) in [6, 6.07) is 5.14. The zero-order chi connectivity index (χ0) is 15.3. The minimum atomic E-state index is -0.572. The number of amidine groups is 1. The summed E-state index contributed by atoms with van der Waals surface area (Å²) < 4.78 is 10.3. The van der Waals surface area contributed by atoms with E-state index in [4.69, 9.17) is 20.6 Å². The average Bonchev–Trinajstić information content (AvgIpc) is 2.28. The molecule has 0 aliphatic carbocycles. The summed E-state index contributed by atoms with van der Waals surface area (Å²) in [7, 11) is 1.55. The molecule has 1 aromatic carbocycles. The van der Waals surface area contributed by atoms with E-state index in [0.717, 1.165) is 0 Å². The largest absolute Gasteiger partial charge is 0.497 e. The molecule has 0 aromatic heterocycles. The quantitative estimate of drug-likeness (QED) is 0.582. The molecular weight excluding hydrogens is 258 g/mol. The Morgan fingerprint density at radius 2 is 2.05 bits per heavy atom. The van der Waals surface area contributed by atoms with Gasteiger partial charge in [0.25, 0.3) is 0 Å². The van der Waals surface area contributed by atoms with E-state index in [9.17, 15) is 4.79 Å². The summed E-state index contributed by atoms with van der Waals surface area (Å²) in [6.45, 7) is 5.37. The molecule has 0 heterocycles. The number of benzene rings is 1. The number of anilines is 1. The summed E-state index contributed by atoms with van der Waals surface area (Å²) in [5, 5.41) is 10.0. The second kappa shape index (κ2) is 6.27. The topological polar surface area (TPSA) is 97.4 Å². The molecule has 1 aromatic rings. The number of carbonyl (C=O) groups excluding carboxylic acids is 1. The van der Waals surface area contributed by atoms with Crippen molar-refractivity contribution < 1.29 is 14.3 Å². The van der Waals surface area contributed by atoms with E-state index < -0.39 is 11.7 Å². The number of hydrogen-bond donors (Lipinski definition) is 3. The Morgan fingerprint density at radius 1 is 1.40 bits per heavy atom. The van der Waals surface area contributed by atoms with Gasteiger partial charge in [0.15, 0.2) is 0 Å². The van der Waals surface area contributed by atoms with Gasteiger partial charge in [0.05, 0.1) is 12.9 Å². The van der Waals surface area contributed by atoms with E-state index in [1.54, 1.807) is 46.1 Å². The van der Waals surface area contributed by atoms with Gasteiger partial charge in [-0.1, -0.05) is 0 Å². The van der Waals surface area contributed by atoms with Crippen LogP contribution in [0.25, 0.3) is 0 Å². The number of nitrogens with two attached hydrogens (primary N) is 1. The van der Waals surface area contributed by atoms with Gasteiger partial charge in [0.2, 0.25) is 0 Å². The van der Waals surface area contributed by atoms with E-state index in [1.807, 2.05) is 0 Å². The highest BCUT2D eigenvalue weighted by molar-refractivity contribution is 5.88. The fourth-order valence-electron chi connectivity index (χ4n) is 1.58. The molecule has 4 N–H and O–H groups in total. The Hall–Kier alpha value is -2.24. The lowest BCUT2D eigenvalue weighted by atomic mass is 10.1. The highest BCUT2D eigenvalue weighted by Gasteiger charge is 2.17. The fourth-order valence-corrected chi connectivity index (χ4v) is 1.58. The van der Waals surface area contributed by atoms with Gasteiger partial charge in [-0.2, -0.15) is 0 Å². The normalized spacial score (nSPS) is 10.8. The average molecular weight is 279 g/mol. The van der Waals surface area contributed by atoms with E-state index in [2.05, 4.69) is 5.32 Å². The molecule has 0 saturated heterocycles. The summed E-state index contributed by atoms with van der Waals surface area (Å²) >= 11 is 0. The van der Waals surface area contributed by atoms with Gasteiger partial charge in [0.1, 0.15) is 11.4 Å². The highest BCUT2D eigenvalue weighted by Crippen LogP contribution is 2.23. The monoisotopic (exact) mass is 279 g/mol. The third-order valence-corrected chi connectivity index (χ3v) is 2.33. The number of nitrogens with one attached hydrogen (secondary N) is 2. The number of amides is 1.